The molecule has 2 saturated heterocycles. The van der Waals surface area contributed by atoms with Gasteiger partial charge in [-0.25, -0.2) is 9.97 Å². The number of carbonyl (C=O) groups excluding carboxylic acids is 3. The number of rotatable bonds is 4. The number of hydrogen-bond acceptors (Lipinski definition) is 6. The molecule has 0 radical (unpaired) electrons. The Hall–Kier alpha value is -2.71. The summed E-state index contributed by atoms with van der Waals surface area (Å²) in [5, 5.41) is 3.19. The number of likely N-dealkylation sites (tertiary alicyclic amines) is 2. The van der Waals surface area contributed by atoms with Crippen molar-refractivity contribution in [1.82, 2.24) is 24.7 Å². The Bertz CT molecular complexity index is 871. The first-order valence-corrected chi connectivity index (χ1v) is 11.8. The number of nitrogens with one attached hydrogen (secondary N) is 1. The lowest BCUT2D eigenvalue weighted by atomic mass is 9.96. The van der Waals surface area contributed by atoms with Gasteiger partial charge in [-0.15, -0.1) is 0 Å². The molecule has 3 amide bonds. The molecule has 1 aromatic heterocycles. The van der Waals surface area contributed by atoms with E-state index < -0.39 is 0 Å². The molecule has 3 aliphatic rings. The number of piperidine rings is 1. The zero-order chi connectivity index (χ0) is 22.7. The molecule has 0 unspecified atom stereocenters. The lowest BCUT2D eigenvalue weighted by molar-refractivity contribution is -0.140. The van der Waals surface area contributed by atoms with Crippen LogP contribution in [-0.4, -0.2) is 82.2 Å². The van der Waals surface area contributed by atoms with Crippen LogP contribution in [0.3, 0.4) is 0 Å². The van der Waals surface area contributed by atoms with Crippen LogP contribution in [0.5, 0.6) is 0 Å². The molecule has 1 N–H and O–H groups in total. The van der Waals surface area contributed by atoms with Gasteiger partial charge in [0.15, 0.2) is 0 Å². The maximum Gasteiger partial charge on any atom is 0.242 e. The van der Waals surface area contributed by atoms with Crippen molar-refractivity contribution in [3.05, 3.63) is 17.1 Å². The summed E-state index contributed by atoms with van der Waals surface area (Å²) in [6, 6.07) is 0. The summed E-state index contributed by atoms with van der Waals surface area (Å²) in [7, 11) is 1.84. The van der Waals surface area contributed by atoms with Gasteiger partial charge in [-0.1, -0.05) is 6.42 Å². The van der Waals surface area contributed by atoms with Gasteiger partial charge >= 0.3 is 0 Å². The van der Waals surface area contributed by atoms with Crippen molar-refractivity contribution in [2.45, 2.75) is 64.3 Å². The number of hydrogen-bond donors (Lipinski definition) is 1. The maximum absolute atomic E-state index is 13.0. The SMILES string of the molecule is CNc1nc([C@H]2CCCN(C(C)=O)C2)nc2c1CN(C(=O)CN1CCCCCC1=O)CC2. The Morgan fingerprint density at radius 1 is 1.03 bits per heavy atom. The predicted octanol–water partition coefficient (Wildman–Crippen LogP) is 1.53. The Morgan fingerprint density at radius 2 is 1.88 bits per heavy atom. The first-order chi connectivity index (χ1) is 15.5. The van der Waals surface area contributed by atoms with Crippen molar-refractivity contribution in [2.75, 3.05) is 45.1 Å². The summed E-state index contributed by atoms with van der Waals surface area (Å²) < 4.78 is 0. The van der Waals surface area contributed by atoms with E-state index in [9.17, 15) is 14.4 Å². The quantitative estimate of drug-likeness (QED) is 0.759. The number of nitrogens with zero attached hydrogens (tertiary/aromatic N) is 5. The molecule has 0 saturated carbocycles. The fourth-order valence-electron chi connectivity index (χ4n) is 4.98. The van der Waals surface area contributed by atoms with Crippen molar-refractivity contribution in [3.8, 4) is 0 Å². The third kappa shape index (κ3) is 4.86. The molecule has 3 aliphatic heterocycles. The van der Waals surface area contributed by atoms with Gasteiger partial charge in [-0.05, 0) is 25.7 Å². The minimum Gasteiger partial charge on any atom is -0.373 e. The standard InChI is InChI=1S/C23H34N6O3/c1-16(30)27-11-6-7-17(13-27)22-25-19-9-12-29(14-18(19)23(24-2)26-22)21(32)15-28-10-5-3-4-8-20(28)31/h17H,3-15H2,1-2H3,(H,24,25,26)/t17-/m0/s1. The van der Waals surface area contributed by atoms with E-state index in [1.165, 1.54) is 0 Å². The molecule has 0 aromatic carbocycles. The smallest absolute Gasteiger partial charge is 0.242 e. The molecule has 0 bridgehead atoms. The second-order valence-corrected chi connectivity index (χ2v) is 9.10. The monoisotopic (exact) mass is 442 g/mol. The van der Waals surface area contributed by atoms with E-state index in [2.05, 4.69) is 5.32 Å². The van der Waals surface area contributed by atoms with Gasteiger partial charge in [0.1, 0.15) is 11.6 Å². The van der Waals surface area contributed by atoms with Gasteiger partial charge in [-0.3, -0.25) is 14.4 Å². The summed E-state index contributed by atoms with van der Waals surface area (Å²) in [6.07, 6.45) is 6.06. The average Bonchev–Trinajstić information content (AvgIpc) is 3.01. The van der Waals surface area contributed by atoms with Crippen molar-refractivity contribution in [2.24, 2.45) is 0 Å². The third-order valence-corrected chi connectivity index (χ3v) is 6.90. The summed E-state index contributed by atoms with van der Waals surface area (Å²) in [5.41, 5.74) is 1.94. The van der Waals surface area contributed by atoms with E-state index in [0.29, 0.717) is 39.0 Å². The molecule has 174 valence electrons. The highest BCUT2D eigenvalue weighted by Gasteiger charge is 2.30. The van der Waals surface area contributed by atoms with E-state index in [1.54, 1.807) is 11.8 Å². The third-order valence-electron chi connectivity index (χ3n) is 6.90. The van der Waals surface area contributed by atoms with Crippen molar-refractivity contribution >= 4 is 23.5 Å². The molecule has 9 nitrogen and oxygen atoms in total. The zero-order valence-corrected chi connectivity index (χ0v) is 19.2. The van der Waals surface area contributed by atoms with Crippen LogP contribution in [0.4, 0.5) is 5.82 Å². The summed E-state index contributed by atoms with van der Waals surface area (Å²) >= 11 is 0. The number of aromatic nitrogens is 2. The van der Waals surface area contributed by atoms with Gasteiger partial charge in [0.05, 0.1) is 18.8 Å². The van der Waals surface area contributed by atoms with Crippen LogP contribution in [0, 0.1) is 0 Å². The first kappa shape index (κ1) is 22.5. The molecule has 1 atom stereocenters. The molecular weight excluding hydrogens is 408 g/mol. The molecule has 9 heteroatoms. The number of amides is 3. The Morgan fingerprint density at radius 3 is 2.66 bits per heavy atom. The second-order valence-electron chi connectivity index (χ2n) is 9.10. The highest BCUT2D eigenvalue weighted by Crippen LogP contribution is 2.30. The topological polar surface area (TPSA) is 98.7 Å². The van der Waals surface area contributed by atoms with Gasteiger partial charge in [0.2, 0.25) is 17.7 Å². The number of fused-ring (bicyclic) bond motifs is 1. The van der Waals surface area contributed by atoms with E-state index >= 15 is 0 Å². The van der Waals surface area contributed by atoms with Crippen LogP contribution in [0.1, 0.15) is 68.4 Å². The maximum atomic E-state index is 13.0. The summed E-state index contributed by atoms with van der Waals surface area (Å²) in [5.74, 6) is 1.85. The molecule has 32 heavy (non-hydrogen) atoms. The van der Waals surface area contributed by atoms with Crippen LogP contribution >= 0.6 is 0 Å². The van der Waals surface area contributed by atoms with E-state index in [0.717, 1.165) is 61.5 Å². The average molecular weight is 443 g/mol. The highest BCUT2D eigenvalue weighted by atomic mass is 16.2. The minimum absolute atomic E-state index is 0.0126. The Labute approximate surface area is 189 Å². The predicted molar refractivity (Wildman–Crippen MR) is 120 cm³/mol. The lowest BCUT2D eigenvalue weighted by Gasteiger charge is -2.34. The van der Waals surface area contributed by atoms with Crippen molar-refractivity contribution in [3.63, 3.8) is 0 Å². The first-order valence-electron chi connectivity index (χ1n) is 11.8. The lowest BCUT2D eigenvalue weighted by Crippen LogP contribution is -2.45. The van der Waals surface area contributed by atoms with Crippen LogP contribution in [0.15, 0.2) is 0 Å². The molecule has 2 fully saturated rings. The second kappa shape index (κ2) is 9.83. The minimum atomic E-state index is -0.0126. The summed E-state index contributed by atoms with van der Waals surface area (Å²) in [4.78, 5) is 52.2. The van der Waals surface area contributed by atoms with Crippen LogP contribution in [0.25, 0.3) is 0 Å². The molecular formula is C23H34N6O3. The van der Waals surface area contributed by atoms with Gasteiger partial charge in [-0.2, -0.15) is 0 Å². The van der Waals surface area contributed by atoms with E-state index in [-0.39, 0.29) is 30.2 Å². The van der Waals surface area contributed by atoms with Gasteiger partial charge in [0.25, 0.3) is 0 Å². The number of carbonyl (C=O) groups is 3. The Kier molecular flexibility index (Phi) is 6.91. The molecule has 4 heterocycles. The molecule has 0 spiro atoms. The van der Waals surface area contributed by atoms with Crippen LogP contribution in [-0.2, 0) is 27.3 Å². The molecule has 1 aromatic rings. The van der Waals surface area contributed by atoms with Crippen molar-refractivity contribution in [1.29, 1.82) is 0 Å². The van der Waals surface area contributed by atoms with Gasteiger partial charge in [0, 0.05) is 64.5 Å². The highest BCUT2D eigenvalue weighted by molar-refractivity contribution is 5.85. The van der Waals surface area contributed by atoms with Crippen LogP contribution in [0.2, 0.25) is 0 Å². The molecule has 0 aliphatic carbocycles. The normalized spacial score (nSPS) is 21.8. The fraction of sp³-hybridized carbons (Fsp3) is 0.696. The summed E-state index contributed by atoms with van der Waals surface area (Å²) in [6.45, 7) is 4.94. The van der Waals surface area contributed by atoms with E-state index in [4.69, 9.17) is 9.97 Å². The zero-order valence-electron chi connectivity index (χ0n) is 19.2. The largest absolute Gasteiger partial charge is 0.373 e. The van der Waals surface area contributed by atoms with Crippen molar-refractivity contribution < 1.29 is 14.4 Å². The van der Waals surface area contributed by atoms with Gasteiger partial charge < -0.3 is 20.0 Å². The Balaban J connectivity index is 1.48. The fourth-order valence-corrected chi connectivity index (χ4v) is 4.98. The van der Waals surface area contributed by atoms with Crippen LogP contribution < -0.4 is 5.32 Å². The van der Waals surface area contributed by atoms with E-state index in [1.807, 2.05) is 16.8 Å². The number of anilines is 1. The molecule has 4 rings (SSSR count).